The van der Waals surface area contributed by atoms with Crippen molar-refractivity contribution in [2.75, 3.05) is 0 Å². The van der Waals surface area contributed by atoms with Gasteiger partial charge in [0.1, 0.15) is 24.4 Å². The summed E-state index contributed by atoms with van der Waals surface area (Å²) in [7, 11) is 0. The molecule has 0 fully saturated rings. The Morgan fingerprint density at radius 3 is 2.10 bits per heavy atom. The van der Waals surface area contributed by atoms with Gasteiger partial charge in [-0.3, -0.25) is 0 Å². The Hall–Kier alpha value is -0.420. The molecule has 4 nitrogen and oxygen atoms in total. The molecule has 0 aromatic carbocycles. The molecule has 10 heavy (non-hydrogen) atoms. The number of rotatable bonds is 0. The lowest BCUT2D eigenvalue weighted by Gasteiger charge is -2.27. The van der Waals surface area contributed by atoms with Gasteiger partial charge in [-0.15, -0.1) is 0 Å². The molecule has 0 saturated heterocycles. The van der Waals surface area contributed by atoms with Crippen LogP contribution in [0.3, 0.4) is 0 Å². The van der Waals surface area contributed by atoms with Crippen molar-refractivity contribution < 1.29 is 21.8 Å². The molecule has 4 heteroatoms. The van der Waals surface area contributed by atoms with Crippen LogP contribution in [0.5, 0.6) is 0 Å². The monoisotopic (exact) mass is 147 g/mol. The molecule has 0 aliphatic heterocycles. The van der Waals surface area contributed by atoms with Gasteiger partial charge in [0.2, 0.25) is 0 Å². The molecule has 1 aliphatic rings. The highest BCUT2D eigenvalue weighted by molar-refractivity contribution is 5.07. The molecular weight excluding hydrogens is 136 g/mol. The molecule has 0 radical (unpaired) electrons. The SMILES string of the molecule is [2H]C1=C[C@H](O)[C@H](O)[C@H](O)[C@@H]1O. The molecule has 0 saturated carbocycles. The van der Waals surface area contributed by atoms with Crippen molar-refractivity contribution in [3.8, 4) is 0 Å². The highest BCUT2D eigenvalue weighted by atomic mass is 16.4. The summed E-state index contributed by atoms with van der Waals surface area (Å²) in [5.41, 5.74) is 0. The molecule has 1 rings (SSSR count). The van der Waals surface area contributed by atoms with Gasteiger partial charge in [-0.2, -0.15) is 0 Å². The number of aliphatic hydroxyl groups excluding tert-OH is 4. The summed E-state index contributed by atoms with van der Waals surface area (Å²) in [4.78, 5) is 0. The molecule has 0 bridgehead atoms. The second-order valence-electron chi connectivity index (χ2n) is 2.25. The summed E-state index contributed by atoms with van der Waals surface area (Å²) in [5.74, 6) is 0. The molecule has 4 N–H and O–H groups in total. The number of hydrogen-bond acceptors (Lipinski definition) is 4. The second kappa shape index (κ2) is 2.67. The van der Waals surface area contributed by atoms with Crippen LogP contribution in [0.1, 0.15) is 1.37 Å². The lowest BCUT2D eigenvalue weighted by Crippen LogP contribution is -2.46. The Labute approximate surface area is 59.5 Å². The summed E-state index contributed by atoms with van der Waals surface area (Å²) in [6.45, 7) is 0. The lowest BCUT2D eigenvalue weighted by molar-refractivity contribution is -0.0884. The molecule has 0 spiro atoms. The number of hydrogen-bond donors (Lipinski definition) is 4. The highest BCUT2D eigenvalue weighted by Gasteiger charge is 2.31. The van der Waals surface area contributed by atoms with E-state index in [4.69, 9.17) is 21.8 Å². The van der Waals surface area contributed by atoms with Crippen LogP contribution in [0.15, 0.2) is 12.1 Å². The Bertz CT molecular complexity index is 181. The zero-order valence-corrected chi connectivity index (χ0v) is 5.18. The van der Waals surface area contributed by atoms with Gasteiger partial charge in [-0.05, 0) is 0 Å². The molecule has 0 aromatic rings. The first kappa shape index (κ1) is 6.30. The molecule has 4 atom stereocenters. The predicted molar refractivity (Wildman–Crippen MR) is 33.2 cm³/mol. The largest absolute Gasteiger partial charge is 0.387 e. The lowest BCUT2D eigenvalue weighted by atomic mass is 9.97. The van der Waals surface area contributed by atoms with Crippen LogP contribution < -0.4 is 0 Å². The van der Waals surface area contributed by atoms with Gasteiger partial charge in [-0.1, -0.05) is 12.1 Å². The minimum atomic E-state index is -1.47. The quantitative estimate of drug-likeness (QED) is 0.299. The van der Waals surface area contributed by atoms with Crippen molar-refractivity contribution in [2.45, 2.75) is 24.4 Å². The van der Waals surface area contributed by atoms with E-state index in [1.54, 1.807) is 0 Å². The maximum atomic E-state index is 8.97. The van der Waals surface area contributed by atoms with Crippen LogP contribution in [0.4, 0.5) is 0 Å². The minimum Gasteiger partial charge on any atom is -0.387 e. The Morgan fingerprint density at radius 1 is 1.00 bits per heavy atom. The van der Waals surface area contributed by atoms with Gasteiger partial charge in [0.25, 0.3) is 0 Å². The van der Waals surface area contributed by atoms with Crippen molar-refractivity contribution in [1.82, 2.24) is 0 Å². The van der Waals surface area contributed by atoms with Crippen molar-refractivity contribution >= 4 is 0 Å². The first-order valence-corrected chi connectivity index (χ1v) is 2.94. The predicted octanol–water partition coefficient (Wildman–Crippen LogP) is -2.00. The molecule has 0 unspecified atom stereocenters. The van der Waals surface area contributed by atoms with E-state index >= 15 is 0 Å². The van der Waals surface area contributed by atoms with Crippen LogP contribution in [0, 0.1) is 0 Å². The molecule has 1 aliphatic carbocycles. The fraction of sp³-hybridized carbons (Fsp3) is 0.667. The summed E-state index contributed by atoms with van der Waals surface area (Å²) in [6.07, 6.45) is -4.53. The average molecular weight is 147 g/mol. The van der Waals surface area contributed by atoms with E-state index in [1.807, 2.05) is 0 Å². The topological polar surface area (TPSA) is 80.9 Å². The van der Waals surface area contributed by atoms with E-state index in [2.05, 4.69) is 0 Å². The summed E-state index contributed by atoms with van der Waals surface area (Å²) in [5, 5.41) is 35.8. The molecule has 58 valence electrons. The fourth-order valence-corrected chi connectivity index (χ4v) is 0.783. The van der Waals surface area contributed by atoms with Crippen molar-refractivity contribution in [3.05, 3.63) is 12.1 Å². The minimum absolute atomic E-state index is 0.268. The maximum Gasteiger partial charge on any atom is 0.112 e. The van der Waals surface area contributed by atoms with Crippen LogP contribution >= 0.6 is 0 Å². The van der Waals surface area contributed by atoms with Crippen LogP contribution in [0.2, 0.25) is 0 Å². The smallest absolute Gasteiger partial charge is 0.112 e. The van der Waals surface area contributed by atoms with Crippen molar-refractivity contribution in [2.24, 2.45) is 0 Å². The average Bonchev–Trinajstić information content (AvgIpc) is 1.97. The van der Waals surface area contributed by atoms with Gasteiger partial charge in [0, 0.05) is 0 Å². The van der Waals surface area contributed by atoms with Crippen LogP contribution in [-0.4, -0.2) is 44.8 Å². The number of aliphatic hydroxyl groups is 4. The Balaban J connectivity index is 2.83. The maximum absolute atomic E-state index is 8.97. The van der Waals surface area contributed by atoms with E-state index in [0.717, 1.165) is 6.08 Å². The summed E-state index contributed by atoms with van der Waals surface area (Å²) < 4.78 is 7.01. The van der Waals surface area contributed by atoms with Crippen LogP contribution in [0.25, 0.3) is 0 Å². The van der Waals surface area contributed by atoms with E-state index in [-0.39, 0.29) is 6.05 Å². The van der Waals surface area contributed by atoms with Gasteiger partial charge in [-0.25, -0.2) is 0 Å². The van der Waals surface area contributed by atoms with Crippen molar-refractivity contribution in [1.29, 1.82) is 0 Å². The van der Waals surface area contributed by atoms with Gasteiger partial charge < -0.3 is 20.4 Å². The first-order valence-electron chi connectivity index (χ1n) is 3.44. The van der Waals surface area contributed by atoms with Gasteiger partial charge >= 0.3 is 0 Å². The standard InChI is InChI=1S/C6H10O4/c7-3-1-2-4(8)6(10)5(3)9/h1-10H/t3-,4+,5-,6+/i1D/m1/s1. The summed E-state index contributed by atoms with van der Waals surface area (Å²) in [6, 6.07) is -0.268. The van der Waals surface area contributed by atoms with Crippen molar-refractivity contribution in [3.63, 3.8) is 0 Å². The van der Waals surface area contributed by atoms with E-state index in [9.17, 15) is 0 Å². The molecular formula is C6H10O4. The third kappa shape index (κ3) is 1.19. The third-order valence-electron chi connectivity index (χ3n) is 1.46. The summed E-state index contributed by atoms with van der Waals surface area (Å²) >= 11 is 0. The molecule has 0 aromatic heterocycles. The zero-order chi connectivity index (χ0) is 8.59. The van der Waals surface area contributed by atoms with Crippen LogP contribution in [-0.2, 0) is 0 Å². The third-order valence-corrected chi connectivity index (χ3v) is 1.46. The van der Waals surface area contributed by atoms with E-state index in [0.29, 0.717) is 0 Å². The molecule has 0 amide bonds. The zero-order valence-electron chi connectivity index (χ0n) is 6.18. The Kier molecular flexibility index (Phi) is 1.68. The van der Waals surface area contributed by atoms with Gasteiger partial charge in [0.05, 0.1) is 1.37 Å². The fourth-order valence-electron chi connectivity index (χ4n) is 0.783. The Morgan fingerprint density at radius 2 is 1.50 bits per heavy atom. The van der Waals surface area contributed by atoms with Gasteiger partial charge in [0.15, 0.2) is 0 Å². The second-order valence-corrected chi connectivity index (χ2v) is 2.25. The van der Waals surface area contributed by atoms with E-state index in [1.165, 1.54) is 0 Å². The molecule has 0 heterocycles. The highest BCUT2D eigenvalue weighted by Crippen LogP contribution is 2.12. The normalized spacial score (nSPS) is 50.0. The first-order chi connectivity index (χ1) is 5.04. The van der Waals surface area contributed by atoms with E-state index < -0.39 is 24.4 Å².